The van der Waals surface area contributed by atoms with Crippen molar-refractivity contribution >= 4 is 28.3 Å². The molecule has 0 atom stereocenters. The van der Waals surface area contributed by atoms with Crippen molar-refractivity contribution in [1.82, 2.24) is 9.88 Å². The normalized spacial score (nSPS) is 14.6. The van der Waals surface area contributed by atoms with Gasteiger partial charge in [0.15, 0.2) is 0 Å². The first kappa shape index (κ1) is 32.2. The van der Waals surface area contributed by atoms with Crippen molar-refractivity contribution in [2.75, 3.05) is 44.0 Å². The number of halogens is 6. The number of aromatic nitrogens is 1. The minimum absolute atomic E-state index is 0.0253. The second-order valence-corrected chi connectivity index (χ2v) is 10.8. The monoisotopic (exact) mass is 634 g/mol. The summed E-state index contributed by atoms with van der Waals surface area (Å²) in [5.41, 5.74) is 1.12. The number of rotatable bonds is 9. The summed E-state index contributed by atoms with van der Waals surface area (Å²) >= 11 is 0. The molecule has 0 unspecified atom stereocenters. The number of hydrogen-bond acceptors (Lipinski definition) is 4. The second kappa shape index (κ2) is 13.4. The van der Waals surface area contributed by atoms with Crippen LogP contribution in [0.5, 0.6) is 0 Å². The topological polar surface area (TPSA) is 78.6 Å². The quantitative estimate of drug-likeness (QED) is 0.128. The lowest BCUT2D eigenvalue weighted by molar-refractivity contribution is -0.143. The molecular formula is C32H32F6N4O3. The van der Waals surface area contributed by atoms with Crippen LogP contribution in [0, 0.1) is 0 Å². The summed E-state index contributed by atoms with van der Waals surface area (Å²) in [6.45, 7) is 1.79. The summed E-state index contributed by atoms with van der Waals surface area (Å²) in [5.74, 6) is 0. The van der Waals surface area contributed by atoms with Crippen molar-refractivity contribution in [3.05, 3.63) is 83.4 Å². The van der Waals surface area contributed by atoms with Crippen LogP contribution in [0.25, 0.3) is 22.2 Å². The first-order valence-corrected chi connectivity index (χ1v) is 14.3. The number of urea groups is 1. The van der Waals surface area contributed by atoms with Crippen molar-refractivity contribution in [3.63, 3.8) is 0 Å². The molecule has 1 fully saturated rings. The number of H-pyrrole nitrogens is 1. The number of anilines is 2. The number of amides is 2. The molecule has 3 N–H and O–H groups in total. The van der Waals surface area contributed by atoms with Gasteiger partial charge in [0.25, 0.3) is 0 Å². The van der Waals surface area contributed by atoms with Crippen LogP contribution in [0.1, 0.15) is 29.5 Å². The average Bonchev–Trinajstić information content (AvgIpc) is 3.44. The molecule has 0 bridgehead atoms. The molecular weight excluding hydrogens is 602 g/mol. The van der Waals surface area contributed by atoms with Crippen LogP contribution in [0.3, 0.4) is 0 Å². The van der Waals surface area contributed by atoms with Gasteiger partial charge in [-0.2, -0.15) is 26.3 Å². The number of fused-ring (bicyclic) bond motifs is 1. The maximum atomic E-state index is 13.2. The highest BCUT2D eigenvalue weighted by Crippen LogP contribution is 2.38. The summed E-state index contributed by atoms with van der Waals surface area (Å²) in [6.07, 6.45) is -9.01. The highest BCUT2D eigenvalue weighted by atomic mass is 19.4. The van der Waals surface area contributed by atoms with Crippen LogP contribution in [0.2, 0.25) is 0 Å². The van der Waals surface area contributed by atoms with E-state index in [4.69, 9.17) is 9.47 Å². The maximum Gasteiger partial charge on any atom is 0.416 e. The number of nitrogens with one attached hydrogen (secondary N) is 3. The van der Waals surface area contributed by atoms with Gasteiger partial charge in [0, 0.05) is 43.0 Å². The molecule has 2 amide bonds. The number of alkyl halides is 6. The molecule has 4 aromatic rings. The zero-order chi connectivity index (χ0) is 32.2. The lowest BCUT2D eigenvalue weighted by atomic mass is 10.0. The lowest BCUT2D eigenvalue weighted by Crippen LogP contribution is -2.44. The molecule has 3 aromatic carbocycles. The third-order valence-corrected chi connectivity index (χ3v) is 7.55. The van der Waals surface area contributed by atoms with Crippen molar-refractivity contribution in [3.8, 4) is 11.3 Å². The number of carbonyl (C=O) groups excluding carboxylic acids is 1. The van der Waals surface area contributed by atoms with Crippen molar-refractivity contribution < 1.29 is 40.6 Å². The summed E-state index contributed by atoms with van der Waals surface area (Å²) in [6, 6.07) is 16.2. The van der Waals surface area contributed by atoms with E-state index in [-0.39, 0.29) is 25.2 Å². The fourth-order valence-corrected chi connectivity index (χ4v) is 5.29. The smallest absolute Gasteiger partial charge is 0.382 e. The molecule has 1 saturated heterocycles. The van der Waals surface area contributed by atoms with Gasteiger partial charge >= 0.3 is 18.4 Å². The molecule has 1 aliphatic heterocycles. The van der Waals surface area contributed by atoms with Gasteiger partial charge in [-0.3, -0.25) is 0 Å². The first-order chi connectivity index (χ1) is 21.4. The van der Waals surface area contributed by atoms with Crippen LogP contribution in [-0.4, -0.2) is 55.4 Å². The van der Waals surface area contributed by atoms with Gasteiger partial charge in [-0.25, -0.2) is 4.79 Å². The van der Waals surface area contributed by atoms with Gasteiger partial charge in [-0.1, -0.05) is 30.3 Å². The predicted molar refractivity (Wildman–Crippen MR) is 159 cm³/mol. The molecule has 2 heterocycles. The van der Waals surface area contributed by atoms with Gasteiger partial charge in [0.05, 0.1) is 42.2 Å². The molecule has 0 radical (unpaired) electrons. The SMILES string of the molecule is COCCOCc1cc(NC2CCN(C(=O)Nc3cc(C(F)(F)F)cc(C(F)(F)F)c3)CC2)c2[nH]c(-c3ccccc3)cc2c1. The van der Waals surface area contributed by atoms with Crippen LogP contribution in [-0.2, 0) is 28.4 Å². The molecule has 5 rings (SSSR count). The van der Waals surface area contributed by atoms with Gasteiger partial charge in [0.2, 0.25) is 0 Å². The van der Waals surface area contributed by atoms with Gasteiger partial charge in [0.1, 0.15) is 0 Å². The maximum absolute atomic E-state index is 13.2. The Morgan fingerprint density at radius 2 is 1.58 bits per heavy atom. The minimum Gasteiger partial charge on any atom is -0.382 e. The molecule has 1 aliphatic rings. The van der Waals surface area contributed by atoms with E-state index in [0.717, 1.165) is 33.4 Å². The lowest BCUT2D eigenvalue weighted by Gasteiger charge is -2.33. The highest BCUT2D eigenvalue weighted by molar-refractivity contribution is 5.95. The molecule has 0 saturated carbocycles. The minimum atomic E-state index is -5.01. The van der Waals surface area contributed by atoms with Crippen molar-refractivity contribution in [2.24, 2.45) is 0 Å². The van der Waals surface area contributed by atoms with E-state index in [9.17, 15) is 31.1 Å². The van der Waals surface area contributed by atoms with E-state index < -0.39 is 35.2 Å². The molecule has 7 nitrogen and oxygen atoms in total. The Hall–Kier alpha value is -4.23. The molecule has 0 aliphatic carbocycles. The summed E-state index contributed by atoms with van der Waals surface area (Å²) < 4.78 is 90.3. The van der Waals surface area contributed by atoms with Crippen molar-refractivity contribution in [1.29, 1.82) is 0 Å². The van der Waals surface area contributed by atoms with E-state index in [0.29, 0.717) is 44.8 Å². The van der Waals surface area contributed by atoms with E-state index in [1.165, 1.54) is 4.90 Å². The number of carbonyl (C=O) groups is 1. The Balaban J connectivity index is 1.28. The third kappa shape index (κ3) is 8.08. The number of ether oxygens (including phenoxy) is 2. The van der Waals surface area contributed by atoms with Gasteiger partial charge in [-0.05, 0) is 60.4 Å². The Kier molecular flexibility index (Phi) is 9.59. The number of benzene rings is 3. The van der Waals surface area contributed by atoms with E-state index in [1.54, 1.807) is 7.11 Å². The number of methoxy groups -OCH3 is 1. The summed E-state index contributed by atoms with van der Waals surface area (Å²) in [4.78, 5) is 17.7. The molecule has 45 heavy (non-hydrogen) atoms. The molecule has 1 aromatic heterocycles. The van der Waals surface area contributed by atoms with Crippen LogP contribution >= 0.6 is 0 Å². The van der Waals surface area contributed by atoms with E-state index in [1.807, 2.05) is 36.4 Å². The largest absolute Gasteiger partial charge is 0.416 e. The zero-order valence-electron chi connectivity index (χ0n) is 24.3. The van der Waals surface area contributed by atoms with Crippen LogP contribution in [0.4, 0.5) is 42.5 Å². The van der Waals surface area contributed by atoms with E-state index in [2.05, 4.69) is 27.8 Å². The van der Waals surface area contributed by atoms with Crippen LogP contribution in [0.15, 0.2) is 66.7 Å². The van der Waals surface area contributed by atoms with E-state index >= 15 is 0 Å². The number of hydrogen-bond donors (Lipinski definition) is 3. The third-order valence-electron chi connectivity index (χ3n) is 7.55. The standard InChI is InChI=1S/C32H32F6N4O3/c1-44-11-12-45-19-20-13-22-15-27(21-5-3-2-4-6-21)41-29(22)28(14-20)39-25-7-9-42(10-8-25)30(43)40-26-17-23(31(33,34)35)16-24(18-26)32(36,37)38/h2-6,13-18,25,39,41H,7-12,19H2,1H3,(H,40,43). The number of likely N-dealkylation sites (tertiary alicyclic amines) is 1. The first-order valence-electron chi connectivity index (χ1n) is 14.3. The Morgan fingerprint density at radius 1 is 0.911 bits per heavy atom. The summed E-state index contributed by atoms with van der Waals surface area (Å²) in [7, 11) is 1.60. The Morgan fingerprint density at radius 3 is 2.20 bits per heavy atom. The fourth-order valence-electron chi connectivity index (χ4n) is 5.29. The Bertz CT molecular complexity index is 1580. The number of nitrogens with zero attached hydrogens (tertiary/aromatic N) is 1. The zero-order valence-corrected chi connectivity index (χ0v) is 24.3. The number of piperidine rings is 1. The predicted octanol–water partition coefficient (Wildman–Crippen LogP) is 8.14. The second-order valence-electron chi connectivity index (χ2n) is 10.8. The summed E-state index contributed by atoms with van der Waals surface area (Å²) in [5, 5.41) is 6.77. The molecule has 13 heteroatoms. The Labute approximate surface area is 255 Å². The van der Waals surface area contributed by atoms with Crippen LogP contribution < -0.4 is 10.6 Å². The molecule has 240 valence electrons. The molecule has 0 spiro atoms. The average molecular weight is 635 g/mol. The number of aromatic amines is 1. The van der Waals surface area contributed by atoms with Crippen molar-refractivity contribution in [2.45, 2.75) is 37.8 Å². The fraction of sp³-hybridized carbons (Fsp3) is 0.344. The highest BCUT2D eigenvalue weighted by Gasteiger charge is 2.37. The van der Waals surface area contributed by atoms with Gasteiger partial charge < -0.3 is 30.0 Å². The van der Waals surface area contributed by atoms with Gasteiger partial charge in [-0.15, -0.1) is 0 Å².